The molecule has 10 heavy (non-hydrogen) atoms. The monoisotopic (exact) mass is 171 g/mol. The lowest BCUT2D eigenvalue weighted by Gasteiger charge is -1.85. The van der Waals surface area contributed by atoms with Crippen molar-refractivity contribution in [3.05, 3.63) is 17.0 Å². The van der Waals surface area contributed by atoms with Crippen molar-refractivity contribution < 1.29 is 0 Å². The number of rotatable bonds is 0. The van der Waals surface area contributed by atoms with Gasteiger partial charge in [0.2, 0.25) is 5.28 Å². The molecule has 0 aliphatic rings. The van der Waals surface area contributed by atoms with Gasteiger partial charge in [0.1, 0.15) is 10.3 Å². The lowest BCUT2D eigenvalue weighted by atomic mass is 10.6. The summed E-state index contributed by atoms with van der Waals surface area (Å²) in [4.78, 5) is 12.6. The molecule has 5 heteroatoms. The standard InChI is InChI=1S/C5H2ClN3S/c6-5-7-1-3-4(9-5)10-2-8-3/h1-2H. The van der Waals surface area contributed by atoms with Crippen molar-refractivity contribution in [2.24, 2.45) is 0 Å². The summed E-state index contributed by atoms with van der Waals surface area (Å²) in [7, 11) is 0. The Morgan fingerprint density at radius 1 is 1.40 bits per heavy atom. The number of halogens is 1. The largest absolute Gasteiger partial charge is 0.241 e. The molecule has 0 radical (unpaired) electrons. The fourth-order valence-corrected chi connectivity index (χ4v) is 1.46. The van der Waals surface area contributed by atoms with Crippen LogP contribution in [0.2, 0.25) is 5.28 Å². The molecule has 0 aliphatic carbocycles. The Morgan fingerprint density at radius 2 is 2.30 bits per heavy atom. The SMILES string of the molecule is Clc1ncc2ncsc2n1. The van der Waals surface area contributed by atoms with Crippen LogP contribution in [0.4, 0.5) is 0 Å². The van der Waals surface area contributed by atoms with Gasteiger partial charge in [0, 0.05) is 0 Å². The molecule has 0 bridgehead atoms. The second kappa shape index (κ2) is 2.14. The van der Waals surface area contributed by atoms with E-state index in [0.717, 1.165) is 10.3 Å². The summed E-state index contributed by atoms with van der Waals surface area (Å²) in [5, 5.41) is 0.275. The van der Waals surface area contributed by atoms with Crippen LogP contribution in [0.15, 0.2) is 11.7 Å². The van der Waals surface area contributed by atoms with Crippen LogP contribution < -0.4 is 0 Å². The minimum atomic E-state index is 0.275. The van der Waals surface area contributed by atoms with Crippen molar-refractivity contribution in [2.75, 3.05) is 0 Å². The lowest BCUT2D eigenvalue weighted by Crippen LogP contribution is -1.78. The van der Waals surface area contributed by atoms with Gasteiger partial charge in [0.25, 0.3) is 0 Å². The quantitative estimate of drug-likeness (QED) is 0.567. The van der Waals surface area contributed by atoms with E-state index in [2.05, 4.69) is 15.0 Å². The summed E-state index contributed by atoms with van der Waals surface area (Å²) < 4.78 is 0. The summed E-state index contributed by atoms with van der Waals surface area (Å²) in [6.07, 6.45) is 1.61. The maximum Gasteiger partial charge on any atom is 0.223 e. The minimum absolute atomic E-state index is 0.275. The first-order valence-corrected chi connectivity index (χ1v) is 3.84. The van der Waals surface area contributed by atoms with Gasteiger partial charge in [-0.15, -0.1) is 11.3 Å². The fourth-order valence-electron chi connectivity index (χ4n) is 0.648. The molecular formula is C5H2ClN3S. The summed E-state index contributed by atoms with van der Waals surface area (Å²) in [6.45, 7) is 0. The van der Waals surface area contributed by atoms with Crippen molar-refractivity contribution in [2.45, 2.75) is 0 Å². The van der Waals surface area contributed by atoms with Crippen LogP contribution in [0.5, 0.6) is 0 Å². The molecule has 2 rings (SSSR count). The molecule has 50 valence electrons. The highest BCUT2D eigenvalue weighted by Gasteiger charge is 1.97. The van der Waals surface area contributed by atoms with Crippen molar-refractivity contribution in [3.63, 3.8) is 0 Å². The van der Waals surface area contributed by atoms with Gasteiger partial charge in [-0.05, 0) is 11.6 Å². The Labute approximate surface area is 65.7 Å². The first-order valence-electron chi connectivity index (χ1n) is 2.58. The Hall–Kier alpha value is -0.740. The average molecular weight is 172 g/mol. The molecule has 3 nitrogen and oxygen atoms in total. The Morgan fingerprint density at radius 3 is 3.20 bits per heavy atom. The Bertz CT molecular complexity index is 358. The zero-order valence-corrected chi connectivity index (χ0v) is 6.35. The first kappa shape index (κ1) is 6.00. The number of hydrogen-bond acceptors (Lipinski definition) is 4. The predicted octanol–water partition coefficient (Wildman–Crippen LogP) is 1.74. The van der Waals surface area contributed by atoms with Gasteiger partial charge in [-0.3, -0.25) is 0 Å². The Kier molecular flexibility index (Phi) is 1.28. The summed E-state index contributed by atoms with van der Waals surface area (Å²) >= 11 is 6.99. The molecule has 2 aromatic heterocycles. The van der Waals surface area contributed by atoms with E-state index in [1.165, 1.54) is 11.3 Å². The summed E-state index contributed by atoms with van der Waals surface area (Å²) in [5.41, 5.74) is 2.52. The molecule has 0 N–H and O–H groups in total. The second-order valence-corrected chi connectivity index (χ2v) is 2.85. The van der Waals surface area contributed by atoms with Crippen molar-refractivity contribution in [1.82, 2.24) is 15.0 Å². The summed E-state index contributed by atoms with van der Waals surface area (Å²) in [6, 6.07) is 0. The molecule has 0 aromatic carbocycles. The summed E-state index contributed by atoms with van der Waals surface area (Å²) in [5.74, 6) is 0. The highest BCUT2D eigenvalue weighted by molar-refractivity contribution is 7.16. The van der Waals surface area contributed by atoms with Crippen LogP contribution in [0.25, 0.3) is 10.3 Å². The molecule has 0 amide bonds. The molecular weight excluding hydrogens is 170 g/mol. The van der Waals surface area contributed by atoms with Crippen LogP contribution in [-0.2, 0) is 0 Å². The van der Waals surface area contributed by atoms with Crippen molar-refractivity contribution in [3.8, 4) is 0 Å². The topological polar surface area (TPSA) is 38.7 Å². The van der Waals surface area contributed by atoms with E-state index in [1.807, 2.05) is 0 Å². The molecule has 2 heterocycles. The van der Waals surface area contributed by atoms with E-state index >= 15 is 0 Å². The number of fused-ring (bicyclic) bond motifs is 1. The van der Waals surface area contributed by atoms with Crippen LogP contribution in [0, 0.1) is 0 Å². The van der Waals surface area contributed by atoms with Crippen molar-refractivity contribution in [1.29, 1.82) is 0 Å². The van der Waals surface area contributed by atoms with Gasteiger partial charge in [-0.2, -0.15) is 0 Å². The number of aromatic nitrogens is 3. The van der Waals surface area contributed by atoms with E-state index in [4.69, 9.17) is 11.6 Å². The van der Waals surface area contributed by atoms with E-state index in [0.29, 0.717) is 0 Å². The third-order valence-corrected chi connectivity index (χ3v) is 1.98. The Balaban J connectivity index is 2.86. The van der Waals surface area contributed by atoms with Crippen LogP contribution in [-0.4, -0.2) is 15.0 Å². The second-order valence-electron chi connectivity index (χ2n) is 1.68. The smallest absolute Gasteiger partial charge is 0.223 e. The zero-order valence-electron chi connectivity index (χ0n) is 4.78. The molecule has 0 unspecified atom stereocenters. The van der Waals surface area contributed by atoms with Gasteiger partial charge in [-0.25, -0.2) is 15.0 Å². The fraction of sp³-hybridized carbons (Fsp3) is 0. The third-order valence-electron chi connectivity index (χ3n) is 1.06. The van der Waals surface area contributed by atoms with E-state index < -0.39 is 0 Å². The molecule has 0 fully saturated rings. The van der Waals surface area contributed by atoms with Crippen LogP contribution >= 0.6 is 22.9 Å². The number of nitrogens with zero attached hydrogens (tertiary/aromatic N) is 3. The van der Waals surface area contributed by atoms with Crippen LogP contribution in [0.1, 0.15) is 0 Å². The number of thiazole rings is 1. The van der Waals surface area contributed by atoms with Gasteiger partial charge in [-0.1, -0.05) is 0 Å². The molecule has 2 aromatic rings. The molecule has 0 spiro atoms. The minimum Gasteiger partial charge on any atom is -0.241 e. The van der Waals surface area contributed by atoms with E-state index in [9.17, 15) is 0 Å². The van der Waals surface area contributed by atoms with Gasteiger partial charge < -0.3 is 0 Å². The zero-order chi connectivity index (χ0) is 6.97. The molecule has 0 saturated carbocycles. The molecule has 0 aliphatic heterocycles. The van der Waals surface area contributed by atoms with Gasteiger partial charge >= 0.3 is 0 Å². The van der Waals surface area contributed by atoms with Gasteiger partial charge in [0.05, 0.1) is 11.7 Å². The predicted molar refractivity (Wildman–Crippen MR) is 40.2 cm³/mol. The highest BCUT2D eigenvalue weighted by atomic mass is 35.5. The van der Waals surface area contributed by atoms with Crippen molar-refractivity contribution >= 4 is 33.3 Å². The van der Waals surface area contributed by atoms with Crippen LogP contribution in [0.3, 0.4) is 0 Å². The first-order chi connectivity index (χ1) is 4.86. The maximum atomic E-state index is 5.53. The maximum absolute atomic E-state index is 5.53. The molecule has 0 saturated heterocycles. The van der Waals surface area contributed by atoms with E-state index in [1.54, 1.807) is 11.7 Å². The highest BCUT2D eigenvalue weighted by Crippen LogP contribution is 2.14. The molecule has 0 atom stereocenters. The third kappa shape index (κ3) is 0.853. The normalized spacial score (nSPS) is 10.5. The lowest BCUT2D eigenvalue weighted by molar-refractivity contribution is 1.22. The van der Waals surface area contributed by atoms with E-state index in [-0.39, 0.29) is 5.28 Å². The average Bonchev–Trinajstić information content (AvgIpc) is 2.33. The number of hydrogen-bond donors (Lipinski definition) is 0. The van der Waals surface area contributed by atoms with Gasteiger partial charge in [0.15, 0.2) is 0 Å².